The average Bonchev–Trinajstić information content (AvgIpc) is 3.16. The molecule has 1 aromatic heterocycles. The van der Waals surface area contributed by atoms with E-state index >= 15 is 0 Å². The van der Waals surface area contributed by atoms with E-state index in [1.54, 1.807) is 6.07 Å². The van der Waals surface area contributed by atoms with Gasteiger partial charge in [0, 0.05) is 25.2 Å². The van der Waals surface area contributed by atoms with E-state index in [1.807, 2.05) is 47.4 Å². The van der Waals surface area contributed by atoms with Crippen LogP contribution in [0.1, 0.15) is 12.0 Å². The zero-order valence-corrected chi connectivity index (χ0v) is 15.4. The monoisotopic (exact) mass is 400 g/mol. The van der Waals surface area contributed by atoms with Gasteiger partial charge in [0.1, 0.15) is 11.9 Å². The summed E-state index contributed by atoms with van der Waals surface area (Å²) >= 11 is 0. The smallest absolute Gasteiger partial charge is 0.417 e. The number of ether oxygens (including phenoxy) is 1. The molecule has 7 heteroatoms. The van der Waals surface area contributed by atoms with Gasteiger partial charge in [-0.3, -0.25) is 0 Å². The van der Waals surface area contributed by atoms with Crippen molar-refractivity contribution in [1.82, 2.24) is 4.98 Å². The van der Waals surface area contributed by atoms with Crippen molar-refractivity contribution in [1.29, 1.82) is 0 Å². The lowest BCUT2D eigenvalue weighted by Crippen LogP contribution is -2.24. The largest absolute Gasteiger partial charge is 0.506 e. The van der Waals surface area contributed by atoms with E-state index in [0.717, 1.165) is 23.4 Å². The van der Waals surface area contributed by atoms with Gasteiger partial charge in [0.25, 0.3) is 0 Å². The maximum Gasteiger partial charge on any atom is 0.417 e. The molecule has 150 valence electrons. The van der Waals surface area contributed by atoms with Gasteiger partial charge in [-0.2, -0.15) is 13.2 Å². The van der Waals surface area contributed by atoms with Gasteiger partial charge in [0.2, 0.25) is 5.88 Å². The van der Waals surface area contributed by atoms with E-state index in [-0.39, 0.29) is 17.7 Å². The molecule has 1 atom stereocenters. The van der Waals surface area contributed by atoms with E-state index in [2.05, 4.69) is 4.98 Å². The lowest BCUT2D eigenvalue weighted by atomic mass is 10.0. The second-order valence-corrected chi connectivity index (χ2v) is 6.93. The highest BCUT2D eigenvalue weighted by Gasteiger charge is 2.31. The number of hydrogen-bond acceptors (Lipinski definition) is 4. The van der Waals surface area contributed by atoms with Crippen LogP contribution < -0.4 is 9.64 Å². The van der Waals surface area contributed by atoms with Crippen LogP contribution in [-0.2, 0) is 6.18 Å². The van der Waals surface area contributed by atoms with Crippen molar-refractivity contribution in [3.63, 3.8) is 0 Å². The van der Waals surface area contributed by atoms with E-state index in [1.165, 1.54) is 6.07 Å². The van der Waals surface area contributed by atoms with Gasteiger partial charge >= 0.3 is 6.18 Å². The minimum absolute atomic E-state index is 0.161. The standard InChI is InChI=1S/C22H19F3N2O2/c23-22(24,25)17-7-9-21(26-13-17)29-18-10-11-27(14-18)19-8-6-16(12-20(19)28)15-4-2-1-3-5-15/h1-9,12-13,18,28H,10-11,14H2/t18-/m1/s1. The lowest BCUT2D eigenvalue weighted by molar-refractivity contribution is -0.137. The van der Waals surface area contributed by atoms with Crippen LogP contribution in [0.5, 0.6) is 11.6 Å². The van der Waals surface area contributed by atoms with Crippen molar-refractivity contribution in [3.05, 3.63) is 72.4 Å². The second-order valence-electron chi connectivity index (χ2n) is 6.93. The SMILES string of the molecule is Oc1cc(-c2ccccc2)ccc1N1CC[C@@H](Oc2ccc(C(F)(F)F)cn2)C1. The molecule has 1 fully saturated rings. The van der Waals surface area contributed by atoms with Gasteiger partial charge in [-0.05, 0) is 29.3 Å². The number of rotatable bonds is 4. The molecule has 2 heterocycles. The predicted molar refractivity (Wildman–Crippen MR) is 104 cm³/mol. The van der Waals surface area contributed by atoms with Crippen molar-refractivity contribution >= 4 is 5.69 Å². The van der Waals surface area contributed by atoms with Crippen LogP contribution in [0.3, 0.4) is 0 Å². The number of hydrogen-bond donors (Lipinski definition) is 1. The zero-order chi connectivity index (χ0) is 20.4. The molecular weight excluding hydrogens is 381 g/mol. The summed E-state index contributed by atoms with van der Waals surface area (Å²) in [5.74, 6) is 0.341. The van der Waals surface area contributed by atoms with Crippen molar-refractivity contribution < 1.29 is 23.0 Å². The first-order valence-electron chi connectivity index (χ1n) is 9.23. The number of benzene rings is 2. The Labute approximate surface area is 166 Å². The van der Waals surface area contributed by atoms with Gasteiger partial charge in [-0.25, -0.2) is 4.98 Å². The normalized spacial score (nSPS) is 16.8. The molecule has 1 N–H and O–H groups in total. The summed E-state index contributed by atoms with van der Waals surface area (Å²) in [6, 6.07) is 17.5. The van der Waals surface area contributed by atoms with Gasteiger partial charge in [-0.1, -0.05) is 36.4 Å². The molecular formula is C22H19F3N2O2. The molecule has 1 saturated heterocycles. The molecule has 2 aromatic carbocycles. The number of anilines is 1. The Bertz CT molecular complexity index is 976. The van der Waals surface area contributed by atoms with Gasteiger partial charge < -0.3 is 14.7 Å². The highest BCUT2D eigenvalue weighted by molar-refractivity contribution is 5.71. The quantitative estimate of drug-likeness (QED) is 0.660. The summed E-state index contributed by atoms with van der Waals surface area (Å²) in [6.07, 6.45) is -3.18. The molecule has 0 unspecified atom stereocenters. The van der Waals surface area contributed by atoms with Crippen LogP contribution in [0.25, 0.3) is 11.1 Å². The molecule has 0 aliphatic carbocycles. The number of phenolic OH excluding ortho intramolecular Hbond substituents is 1. The maximum absolute atomic E-state index is 12.6. The molecule has 1 aliphatic rings. The number of aromatic nitrogens is 1. The lowest BCUT2D eigenvalue weighted by Gasteiger charge is -2.20. The van der Waals surface area contributed by atoms with Gasteiger partial charge in [0.15, 0.2) is 0 Å². The Morgan fingerprint density at radius 1 is 1.00 bits per heavy atom. The van der Waals surface area contributed by atoms with Crippen LogP contribution in [0, 0.1) is 0 Å². The zero-order valence-electron chi connectivity index (χ0n) is 15.4. The summed E-state index contributed by atoms with van der Waals surface area (Å²) in [6.45, 7) is 1.19. The fraction of sp³-hybridized carbons (Fsp3) is 0.227. The molecule has 3 aromatic rings. The molecule has 0 bridgehead atoms. The number of alkyl halides is 3. The summed E-state index contributed by atoms with van der Waals surface area (Å²) < 4.78 is 43.6. The Hall–Kier alpha value is -3.22. The van der Waals surface area contributed by atoms with E-state index in [4.69, 9.17) is 4.74 Å². The first kappa shape index (κ1) is 19.1. The van der Waals surface area contributed by atoms with Crippen LogP contribution in [0.2, 0.25) is 0 Å². The molecule has 4 rings (SSSR count). The van der Waals surface area contributed by atoms with E-state index < -0.39 is 11.7 Å². The third-order valence-electron chi connectivity index (χ3n) is 4.92. The fourth-order valence-corrected chi connectivity index (χ4v) is 3.43. The average molecular weight is 400 g/mol. The number of halogens is 3. The van der Waals surface area contributed by atoms with Crippen molar-refractivity contribution in [3.8, 4) is 22.8 Å². The van der Waals surface area contributed by atoms with Crippen LogP contribution in [0.4, 0.5) is 18.9 Å². The third-order valence-corrected chi connectivity index (χ3v) is 4.92. The Morgan fingerprint density at radius 3 is 2.45 bits per heavy atom. The molecule has 0 radical (unpaired) electrons. The van der Waals surface area contributed by atoms with Crippen LogP contribution in [0.15, 0.2) is 66.9 Å². The Morgan fingerprint density at radius 2 is 1.79 bits per heavy atom. The summed E-state index contributed by atoms with van der Waals surface area (Å²) in [5.41, 5.74) is 1.84. The van der Waals surface area contributed by atoms with E-state index in [0.29, 0.717) is 25.2 Å². The van der Waals surface area contributed by atoms with Crippen molar-refractivity contribution in [2.24, 2.45) is 0 Å². The third kappa shape index (κ3) is 4.29. The summed E-state index contributed by atoms with van der Waals surface area (Å²) in [5, 5.41) is 10.5. The highest BCUT2D eigenvalue weighted by atomic mass is 19.4. The van der Waals surface area contributed by atoms with E-state index in [9.17, 15) is 18.3 Å². The number of aromatic hydroxyl groups is 1. The molecule has 0 spiro atoms. The summed E-state index contributed by atoms with van der Waals surface area (Å²) in [4.78, 5) is 5.76. The molecule has 4 nitrogen and oxygen atoms in total. The number of phenols is 1. The predicted octanol–water partition coefficient (Wildman–Crippen LogP) is 5.13. The Kier molecular flexibility index (Phi) is 5.05. The number of nitrogens with zero attached hydrogens (tertiary/aromatic N) is 2. The van der Waals surface area contributed by atoms with Gasteiger partial charge in [-0.15, -0.1) is 0 Å². The van der Waals surface area contributed by atoms with Crippen molar-refractivity contribution in [2.75, 3.05) is 18.0 Å². The van der Waals surface area contributed by atoms with Crippen LogP contribution >= 0.6 is 0 Å². The number of pyridine rings is 1. The topological polar surface area (TPSA) is 45.6 Å². The van der Waals surface area contributed by atoms with Gasteiger partial charge in [0.05, 0.1) is 17.8 Å². The minimum atomic E-state index is -4.42. The highest BCUT2D eigenvalue weighted by Crippen LogP contribution is 2.35. The molecule has 0 saturated carbocycles. The summed E-state index contributed by atoms with van der Waals surface area (Å²) in [7, 11) is 0. The maximum atomic E-state index is 12.6. The van der Waals surface area contributed by atoms with Crippen LogP contribution in [-0.4, -0.2) is 29.3 Å². The second kappa shape index (κ2) is 7.66. The molecule has 1 aliphatic heterocycles. The van der Waals surface area contributed by atoms with Crippen molar-refractivity contribution in [2.45, 2.75) is 18.7 Å². The first-order chi connectivity index (χ1) is 13.9. The first-order valence-corrected chi connectivity index (χ1v) is 9.23. The molecule has 0 amide bonds. The Balaban J connectivity index is 1.42. The fourth-order valence-electron chi connectivity index (χ4n) is 3.43. The molecule has 29 heavy (non-hydrogen) atoms. The minimum Gasteiger partial charge on any atom is -0.506 e.